The van der Waals surface area contributed by atoms with Crippen LogP contribution in [0.2, 0.25) is 0 Å². The molecule has 0 spiro atoms. The van der Waals surface area contributed by atoms with Crippen LogP contribution in [0, 0.1) is 24.7 Å². The molecule has 3 unspecified atom stereocenters. The first-order valence-corrected chi connectivity index (χ1v) is 7.91. The maximum Gasteiger partial charge on any atom is 0.0419 e. The fourth-order valence-electron chi connectivity index (χ4n) is 3.67. The Bertz CT molecular complexity index is 402. The first kappa shape index (κ1) is 13.1. The lowest BCUT2D eigenvalue weighted by atomic mass is 9.91. The molecule has 19 heavy (non-hydrogen) atoms. The van der Waals surface area contributed by atoms with Crippen molar-refractivity contribution in [2.45, 2.75) is 52.0 Å². The second-order valence-corrected chi connectivity index (χ2v) is 6.58. The molecule has 2 saturated carbocycles. The SMILES string of the molecule is CCCNC(Cc1ccc(C)cn1)C1CC2CC2C1. The number of hydrogen-bond donors (Lipinski definition) is 1. The van der Waals surface area contributed by atoms with E-state index in [4.69, 9.17) is 0 Å². The van der Waals surface area contributed by atoms with E-state index in [1.165, 1.54) is 36.9 Å². The van der Waals surface area contributed by atoms with Gasteiger partial charge in [0.05, 0.1) is 0 Å². The Labute approximate surface area is 117 Å². The molecule has 3 rings (SSSR count). The van der Waals surface area contributed by atoms with Crippen LogP contribution in [-0.2, 0) is 6.42 Å². The molecule has 2 nitrogen and oxygen atoms in total. The highest BCUT2D eigenvalue weighted by Gasteiger charge is 2.47. The van der Waals surface area contributed by atoms with Gasteiger partial charge in [0, 0.05) is 24.4 Å². The smallest absolute Gasteiger partial charge is 0.0419 e. The Kier molecular flexibility index (Phi) is 3.88. The summed E-state index contributed by atoms with van der Waals surface area (Å²) in [5, 5.41) is 3.78. The number of nitrogens with one attached hydrogen (secondary N) is 1. The van der Waals surface area contributed by atoms with Crippen LogP contribution in [-0.4, -0.2) is 17.6 Å². The Morgan fingerprint density at radius 1 is 1.26 bits per heavy atom. The van der Waals surface area contributed by atoms with E-state index in [0.717, 1.165) is 30.7 Å². The van der Waals surface area contributed by atoms with Crippen LogP contribution in [0.5, 0.6) is 0 Å². The third-order valence-corrected chi connectivity index (χ3v) is 4.91. The van der Waals surface area contributed by atoms with Gasteiger partial charge in [0.15, 0.2) is 0 Å². The molecule has 1 aromatic heterocycles. The second-order valence-electron chi connectivity index (χ2n) is 6.58. The molecule has 0 bridgehead atoms. The molecule has 2 aliphatic carbocycles. The number of rotatable bonds is 6. The molecule has 1 N–H and O–H groups in total. The predicted molar refractivity (Wildman–Crippen MR) is 79.1 cm³/mol. The van der Waals surface area contributed by atoms with E-state index in [1.54, 1.807) is 0 Å². The Morgan fingerprint density at radius 3 is 2.68 bits per heavy atom. The highest BCUT2D eigenvalue weighted by molar-refractivity contribution is 5.14. The van der Waals surface area contributed by atoms with Gasteiger partial charge in [-0.2, -0.15) is 0 Å². The maximum absolute atomic E-state index is 4.59. The molecule has 0 aromatic carbocycles. The molecule has 104 valence electrons. The van der Waals surface area contributed by atoms with Crippen LogP contribution in [0.3, 0.4) is 0 Å². The molecule has 0 saturated heterocycles. The first-order valence-electron chi connectivity index (χ1n) is 7.91. The van der Waals surface area contributed by atoms with Crippen molar-refractivity contribution in [3.8, 4) is 0 Å². The highest BCUT2D eigenvalue weighted by atomic mass is 14.9. The zero-order valence-corrected chi connectivity index (χ0v) is 12.2. The molecule has 3 atom stereocenters. The molecule has 1 aromatic rings. The first-order chi connectivity index (χ1) is 9.26. The van der Waals surface area contributed by atoms with E-state index in [-0.39, 0.29) is 0 Å². The van der Waals surface area contributed by atoms with Crippen LogP contribution in [0.25, 0.3) is 0 Å². The summed E-state index contributed by atoms with van der Waals surface area (Å²) in [5.41, 5.74) is 2.50. The number of pyridine rings is 1. The molecule has 0 amide bonds. The van der Waals surface area contributed by atoms with Crippen LogP contribution in [0.1, 0.15) is 43.9 Å². The van der Waals surface area contributed by atoms with E-state index >= 15 is 0 Å². The number of nitrogens with zero attached hydrogens (tertiary/aromatic N) is 1. The van der Waals surface area contributed by atoms with Gasteiger partial charge >= 0.3 is 0 Å². The van der Waals surface area contributed by atoms with Gasteiger partial charge in [0.1, 0.15) is 0 Å². The van der Waals surface area contributed by atoms with E-state index in [0.29, 0.717) is 6.04 Å². The van der Waals surface area contributed by atoms with E-state index < -0.39 is 0 Å². The Morgan fingerprint density at radius 2 is 2.05 bits per heavy atom. The average Bonchev–Trinajstić information content (AvgIpc) is 3.03. The van der Waals surface area contributed by atoms with Gasteiger partial charge in [0.25, 0.3) is 0 Å². The largest absolute Gasteiger partial charge is 0.313 e. The summed E-state index contributed by atoms with van der Waals surface area (Å²) in [6.45, 7) is 5.50. The van der Waals surface area contributed by atoms with Gasteiger partial charge < -0.3 is 5.32 Å². The fraction of sp³-hybridized carbons (Fsp3) is 0.706. The van der Waals surface area contributed by atoms with Crippen molar-refractivity contribution in [1.82, 2.24) is 10.3 Å². The zero-order valence-electron chi connectivity index (χ0n) is 12.2. The van der Waals surface area contributed by atoms with E-state index in [9.17, 15) is 0 Å². The van der Waals surface area contributed by atoms with E-state index in [2.05, 4.69) is 36.3 Å². The minimum absolute atomic E-state index is 0.642. The summed E-state index contributed by atoms with van der Waals surface area (Å²) in [6.07, 6.45) is 8.75. The lowest BCUT2D eigenvalue weighted by Crippen LogP contribution is -2.38. The van der Waals surface area contributed by atoms with Crippen molar-refractivity contribution in [1.29, 1.82) is 0 Å². The molecule has 2 fully saturated rings. The standard InChI is InChI=1S/C17H26N2/c1-3-6-18-17(15-8-13-7-14(13)9-15)10-16-5-4-12(2)11-19-16/h4-5,11,13-15,17-18H,3,6-10H2,1-2H3. The zero-order chi connectivity index (χ0) is 13.2. The number of aromatic nitrogens is 1. The lowest BCUT2D eigenvalue weighted by molar-refractivity contribution is 0.330. The molecular formula is C17H26N2. The van der Waals surface area contributed by atoms with Crippen LogP contribution < -0.4 is 5.32 Å². The molecule has 0 radical (unpaired) electrons. The van der Waals surface area contributed by atoms with Crippen LogP contribution >= 0.6 is 0 Å². The third kappa shape index (κ3) is 3.17. The Balaban J connectivity index is 1.62. The summed E-state index contributed by atoms with van der Waals surface area (Å²) in [6, 6.07) is 5.03. The molecule has 0 aliphatic heterocycles. The minimum Gasteiger partial charge on any atom is -0.313 e. The van der Waals surface area contributed by atoms with Gasteiger partial charge in [-0.25, -0.2) is 0 Å². The van der Waals surface area contributed by atoms with Crippen molar-refractivity contribution < 1.29 is 0 Å². The summed E-state index contributed by atoms with van der Waals surface area (Å²) >= 11 is 0. The molecule has 2 heteroatoms. The summed E-state index contributed by atoms with van der Waals surface area (Å²) in [4.78, 5) is 4.59. The number of aryl methyl sites for hydroxylation is 1. The maximum atomic E-state index is 4.59. The predicted octanol–water partition coefficient (Wildman–Crippen LogP) is 3.35. The fourth-order valence-corrected chi connectivity index (χ4v) is 3.67. The number of fused-ring (bicyclic) bond motifs is 1. The summed E-state index contributed by atoms with van der Waals surface area (Å²) in [5.74, 6) is 3.03. The number of hydrogen-bond acceptors (Lipinski definition) is 2. The summed E-state index contributed by atoms with van der Waals surface area (Å²) < 4.78 is 0. The third-order valence-electron chi connectivity index (χ3n) is 4.91. The highest BCUT2D eigenvalue weighted by Crippen LogP contribution is 2.55. The molecule has 2 aliphatic rings. The van der Waals surface area contributed by atoms with E-state index in [1.807, 2.05) is 6.20 Å². The lowest BCUT2D eigenvalue weighted by Gasteiger charge is -2.26. The topological polar surface area (TPSA) is 24.9 Å². The van der Waals surface area contributed by atoms with Gasteiger partial charge in [-0.15, -0.1) is 0 Å². The quantitative estimate of drug-likeness (QED) is 0.846. The van der Waals surface area contributed by atoms with Crippen molar-refractivity contribution in [2.75, 3.05) is 6.54 Å². The summed E-state index contributed by atoms with van der Waals surface area (Å²) in [7, 11) is 0. The van der Waals surface area contributed by atoms with Gasteiger partial charge in [0.2, 0.25) is 0 Å². The van der Waals surface area contributed by atoms with Crippen molar-refractivity contribution in [3.05, 3.63) is 29.6 Å². The van der Waals surface area contributed by atoms with Crippen LogP contribution in [0.15, 0.2) is 18.3 Å². The molecular weight excluding hydrogens is 232 g/mol. The molecule has 1 heterocycles. The minimum atomic E-state index is 0.642. The van der Waals surface area contributed by atoms with Crippen molar-refractivity contribution >= 4 is 0 Å². The van der Waals surface area contributed by atoms with Gasteiger partial charge in [-0.1, -0.05) is 13.0 Å². The normalized spacial score (nSPS) is 30.1. The van der Waals surface area contributed by atoms with Gasteiger partial charge in [-0.3, -0.25) is 4.98 Å². The average molecular weight is 258 g/mol. The van der Waals surface area contributed by atoms with Gasteiger partial charge in [-0.05, 0) is 68.5 Å². The monoisotopic (exact) mass is 258 g/mol. The van der Waals surface area contributed by atoms with Crippen molar-refractivity contribution in [3.63, 3.8) is 0 Å². The van der Waals surface area contributed by atoms with Crippen LogP contribution in [0.4, 0.5) is 0 Å². The Hall–Kier alpha value is -0.890. The second kappa shape index (κ2) is 5.62. The van der Waals surface area contributed by atoms with Crippen molar-refractivity contribution in [2.24, 2.45) is 17.8 Å².